The Morgan fingerprint density at radius 1 is 1.25 bits per heavy atom. The van der Waals surface area contributed by atoms with Crippen LogP contribution >= 0.6 is 0 Å². The van der Waals surface area contributed by atoms with Crippen LogP contribution in [0.2, 0.25) is 0 Å². The molecule has 0 saturated heterocycles. The molecule has 1 unspecified atom stereocenters. The maximum Gasteiger partial charge on any atom is 0.0253 e. The van der Waals surface area contributed by atoms with Gasteiger partial charge in [0.2, 0.25) is 0 Å². The molecule has 0 aliphatic carbocycles. The lowest BCUT2D eigenvalue weighted by Crippen LogP contribution is -2.22. The molecule has 0 rings (SSSR count). The van der Waals surface area contributed by atoms with E-state index in [9.17, 15) is 0 Å². The van der Waals surface area contributed by atoms with Gasteiger partial charge in [0.1, 0.15) is 0 Å². The van der Waals surface area contributed by atoms with Gasteiger partial charge in [0, 0.05) is 6.04 Å². The molecule has 12 heavy (non-hydrogen) atoms. The predicted molar refractivity (Wildman–Crippen MR) is 56.2 cm³/mol. The normalized spacial score (nSPS) is 13.6. The van der Waals surface area contributed by atoms with E-state index in [2.05, 4.69) is 31.4 Å². The molecule has 1 nitrogen and oxygen atoms in total. The van der Waals surface area contributed by atoms with Gasteiger partial charge in [0.05, 0.1) is 0 Å². The summed E-state index contributed by atoms with van der Waals surface area (Å²) in [6.45, 7) is 6.54. The van der Waals surface area contributed by atoms with Crippen LogP contribution < -0.4 is 5.32 Å². The van der Waals surface area contributed by atoms with Crippen LogP contribution in [-0.2, 0) is 0 Å². The minimum Gasteiger partial charge on any atom is -0.388 e. The van der Waals surface area contributed by atoms with E-state index in [1.165, 1.54) is 32.1 Å². The van der Waals surface area contributed by atoms with Gasteiger partial charge < -0.3 is 5.32 Å². The molecule has 1 N–H and O–H groups in total. The molecule has 0 bridgehead atoms. The maximum atomic E-state index is 3.40. The Kier molecular flexibility index (Phi) is 8.30. The lowest BCUT2D eigenvalue weighted by Gasteiger charge is -2.14. The number of unbranched alkanes of at least 4 members (excludes halogenated alkanes) is 2. The minimum atomic E-state index is 0.688. The molecule has 0 spiro atoms. The van der Waals surface area contributed by atoms with Crippen molar-refractivity contribution in [3.8, 4) is 0 Å². The number of hydrogen-bond donors (Lipinski definition) is 1. The van der Waals surface area contributed by atoms with Crippen molar-refractivity contribution in [3.05, 3.63) is 12.3 Å². The molecule has 0 aromatic rings. The van der Waals surface area contributed by atoms with Crippen molar-refractivity contribution in [2.24, 2.45) is 0 Å². The Morgan fingerprint density at radius 2 is 2.00 bits per heavy atom. The summed E-state index contributed by atoms with van der Waals surface area (Å²) in [5.74, 6) is 0. The molecule has 0 aromatic heterocycles. The van der Waals surface area contributed by atoms with E-state index >= 15 is 0 Å². The van der Waals surface area contributed by atoms with Crippen molar-refractivity contribution >= 4 is 0 Å². The number of rotatable bonds is 7. The second kappa shape index (κ2) is 8.63. The standard InChI is InChI=1S/C11H23N/c1-4-7-8-9-11(6-3)12-10-5-2/h5,10-12H,4,6-9H2,1-3H3. The van der Waals surface area contributed by atoms with Crippen molar-refractivity contribution in [1.82, 2.24) is 5.32 Å². The van der Waals surface area contributed by atoms with E-state index in [0.717, 1.165) is 0 Å². The average molecular weight is 169 g/mol. The van der Waals surface area contributed by atoms with Crippen molar-refractivity contribution in [2.75, 3.05) is 0 Å². The zero-order valence-corrected chi connectivity index (χ0v) is 8.77. The highest BCUT2D eigenvalue weighted by Crippen LogP contribution is 2.05. The second-order valence-electron chi connectivity index (χ2n) is 3.27. The van der Waals surface area contributed by atoms with Gasteiger partial charge in [-0.3, -0.25) is 0 Å². The lowest BCUT2D eigenvalue weighted by molar-refractivity contribution is 0.495. The molecule has 1 atom stereocenters. The highest BCUT2D eigenvalue weighted by atomic mass is 14.9. The topological polar surface area (TPSA) is 12.0 Å². The highest BCUT2D eigenvalue weighted by molar-refractivity contribution is 4.78. The van der Waals surface area contributed by atoms with Crippen LogP contribution in [0, 0.1) is 0 Å². The minimum absolute atomic E-state index is 0.688. The average Bonchev–Trinajstić information content (AvgIpc) is 2.11. The van der Waals surface area contributed by atoms with E-state index in [4.69, 9.17) is 0 Å². The fourth-order valence-electron chi connectivity index (χ4n) is 1.28. The molecule has 0 aliphatic heterocycles. The van der Waals surface area contributed by atoms with Crippen LogP contribution in [0.5, 0.6) is 0 Å². The molecule has 0 aromatic carbocycles. The van der Waals surface area contributed by atoms with Gasteiger partial charge in [-0.2, -0.15) is 0 Å². The Morgan fingerprint density at radius 3 is 2.50 bits per heavy atom. The van der Waals surface area contributed by atoms with Crippen LogP contribution in [0.25, 0.3) is 0 Å². The van der Waals surface area contributed by atoms with Gasteiger partial charge in [0.15, 0.2) is 0 Å². The number of hydrogen-bond acceptors (Lipinski definition) is 1. The molecule has 0 radical (unpaired) electrons. The number of allylic oxidation sites excluding steroid dienone is 1. The van der Waals surface area contributed by atoms with Crippen molar-refractivity contribution in [3.63, 3.8) is 0 Å². The molecular weight excluding hydrogens is 146 g/mol. The molecule has 1 heteroatoms. The number of nitrogens with one attached hydrogen (secondary N) is 1. The van der Waals surface area contributed by atoms with Gasteiger partial charge in [-0.15, -0.1) is 0 Å². The van der Waals surface area contributed by atoms with E-state index in [1.807, 2.05) is 6.92 Å². The SMILES string of the molecule is CC=CNC(CC)CCCCC. The van der Waals surface area contributed by atoms with Crippen molar-refractivity contribution in [2.45, 2.75) is 58.9 Å². The van der Waals surface area contributed by atoms with Gasteiger partial charge in [0.25, 0.3) is 0 Å². The molecular formula is C11H23N. The molecule has 0 aliphatic rings. The van der Waals surface area contributed by atoms with Crippen molar-refractivity contribution < 1.29 is 0 Å². The molecule has 0 fully saturated rings. The molecule has 0 heterocycles. The molecule has 72 valence electrons. The molecule has 0 amide bonds. The third kappa shape index (κ3) is 6.26. The lowest BCUT2D eigenvalue weighted by atomic mass is 10.1. The van der Waals surface area contributed by atoms with Gasteiger partial charge >= 0.3 is 0 Å². The van der Waals surface area contributed by atoms with Crippen LogP contribution in [0.3, 0.4) is 0 Å². The third-order valence-corrected chi connectivity index (χ3v) is 2.15. The van der Waals surface area contributed by atoms with Gasteiger partial charge in [-0.1, -0.05) is 39.2 Å². The summed E-state index contributed by atoms with van der Waals surface area (Å²) in [4.78, 5) is 0. The maximum absolute atomic E-state index is 3.40. The Hall–Kier alpha value is -0.460. The smallest absolute Gasteiger partial charge is 0.0253 e. The van der Waals surface area contributed by atoms with Gasteiger partial charge in [-0.05, 0) is 26.0 Å². The summed E-state index contributed by atoms with van der Waals surface area (Å²) < 4.78 is 0. The third-order valence-electron chi connectivity index (χ3n) is 2.15. The largest absolute Gasteiger partial charge is 0.388 e. The first-order chi connectivity index (χ1) is 5.85. The summed E-state index contributed by atoms with van der Waals surface area (Å²) in [6, 6.07) is 0.688. The second-order valence-corrected chi connectivity index (χ2v) is 3.27. The van der Waals surface area contributed by atoms with Crippen LogP contribution in [0.4, 0.5) is 0 Å². The fourth-order valence-corrected chi connectivity index (χ4v) is 1.28. The molecule has 0 saturated carbocycles. The van der Waals surface area contributed by atoms with E-state index in [0.29, 0.717) is 6.04 Å². The van der Waals surface area contributed by atoms with Crippen LogP contribution in [0.1, 0.15) is 52.9 Å². The highest BCUT2D eigenvalue weighted by Gasteiger charge is 2.01. The summed E-state index contributed by atoms with van der Waals surface area (Å²) in [7, 11) is 0. The first-order valence-electron chi connectivity index (χ1n) is 5.22. The van der Waals surface area contributed by atoms with E-state index in [-0.39, 0.29) is 0 Å². The summed E-state index contributed by atoms with van der Waals surface area (Å²) in [5, 5.41) is 3.40. The first-order valence-corrected chi connectivity index (χ1v) is 5.22. The van der Waals surface area contributed by atoms with Crippen LogP contribution in [0.15, 0.2) is 12.3 Å². The Bertz CT molecular complexity index is 108. The van der Waals surface area contributed by atoms with E-state index in [1.54, 1.807) is 0 Å². The van der Waals surface area contributed by atoms with Crippen molar-refractivity contribution in [1.29, 1.82) is 0 Å². The fraction of sp³-hybridized carbons (Fsp3) is 0.818. The Labute approximate surface area is 77.2 Å². The summed E-state index contributed by atoms with van der Waals surface area (Å²) in [6.07, 6.45) is 10.7. The zero-order valence-electron chi connectivity index (χ0n) is 8.77. The quantitative estimate of drug-likeness (QED) is 0.575. The van der Waals surface area contributed by atoms with E-state index < -0.39 is 0 Å². The van der Waals surface area contributed by atoms with Crippen LogP contribution in [-0.4, -0.2) is 6.04 Å². The summed E-state index contributed by atoms with van der Waals surface area (Å²) in [5.41, 5.74) is 0. The van der Waals surface area contributed by atoms with Gasteiger partial charge in [-0.25, -0.2) is 0 Å². The zero-order chi connectivity index (χ0) is 9.23. The monoisotopic (exact) mass is 169 g/mol. The Balaban J connectivity index is 3.39. The predicted octanol–water partition coefficient (Wildman–Crippen LogP) is 3.47. The first kappa shape index (κ1) is 11.5. The summed E-state index contributed by atoms with van der Waals surface area (Å²) >= 11 is 0.